The molecule has 0 aromatic heterocycles. The van der Waals surface area contributed by atoms with E-state index in [0.29, 0.717) is 18.2 Å². The molecular weight excluding hydrogens is 218 g/mol. The highest BCUT2D eigenvalue weighted by atomic mass is 16.6. The van der Waals surface area contributed by atoms with Gasteiger partial charge in [-0.1, -0.05) is 19.9 Å². The molecule has 0 saturated heterocycles. The van der Waals surface area contributed by atoms with E-state index in [-0.39, 0.29) is 16.7 Å². The minimum atomic E-state index is -0.372. The van der Waals surface area contributed by atoms with Crippen LogP contribution in [0.25, 0.3) is 0 Å². The number of anilines is 1. The molecule has 1 rings (SSSR count). The van der Waals surface area contributed by atoms with Gasteiger partial charge in [0, 0.05) is 18.7 Å². The standard InChI is InChI=1S/C12H19N3O2/c1-8(2)11(7-13)14-10-5-4-9(3)6-12(10)15(16)17/h4-6,8,11,14H,7,13H2,1-3H3. The van der Waals surface area contributed by atoms with Crippen LogP contribution in [-0.4, -0.2) is 17.5 Å². The third kappa shape index (κ3) is 3.42. The summed E-state index contributed by atoms with van der Waals surface area (Å²) in [5.41, 5.74) is 7.15. The molecule has 94 valence electrons. The first kappa shape index (κ1) is 13.4. The number of nitrogens with one attached hydrogen (secondary N) is 1. The van der Waals surface area contributed by atoms with Crippen LogP contribution in [0, 0.1) is 23.0 Å². The van der Waals surface area contributed by atoms with Crippen molar-refractivity contribution in [2.24, 2.45) is 11.7 Å². The smallest absolute Gasteiger partial charge is 0.292 e. The molecule has 0 bridgehead atoms. The summed E-state index contributed by atoms with van der Waals surface area (Å²) < 4.78 is 0. The molecule has 0 fully saturated rings. The van der Waals surface area contributed by atoms with Crippen molar-refractivity contribution >= 4 is 11.4 Å². The van der Waals surface area contributed by atoms with Crippen molar-refractivity contribution in [2.45, 2.75) is 26.8 Å². The number of nitro groups is 1. The summed E-state index contributed by atoms with van der Waals surface area (Å²) in [6, 6.07) is 5.19. The van der Waals surface area contributed by atoms with E-state index in [1.165, 1.54) is 0 Å². The van der Waals surface area contributed by atoms with E-state index in [0.717, 1.165) is 5.56 Å². The fourth-order valence-electron chi connectivity index (χ4n) is 1.61. The van der Waals surface area contributed by atoms with E-state index in [2.05, 4.69) is 5.32 Å². The maximum absolute atomic E-state index is 10.9. The number of rotatable bonds is 5. The van der Waals surface area contributed by atoms with E-state index in [1.54, 1.807) is 12.1 Å². The van der Waals surface area contributed by atoms with Crippen molar-refractivity contribution in [2.75, 3.05) is 11.9 Å². The molecule has 0 spiro atoms. The van der Waals surface area contributed by atoms with Gasteiger partial charge in [0.1, 0.15) is 5.69 Å². The summed E-state index contributed by atoms with van der Waals surface area (Å²) in [7, 11) is 0. The third-order valence-corrected chi connectivity index (χ3v) is 2.75. The Bertz CT molecular complexity index is 405. The van der Waals surface area contributed by atoms with Crippen LogP contribution in [0.15, 0.2) is 18.2 Å². The van der Waals surface area contributed by atoms with E-state index in [9.17, 15) is 10.1 Å². The highest BCUT2D eigenvalue weighted by molar-refractivity contribution is 5.63. The quantitative estimate of drug-likeness (QED) is 0.608. The van der Waals surface area contributed by atoms with E-state index in [4.69, 9.17) is 5.73 Å². The molecule has 0 aliphatic rings. The van der Waals surface area contributed by atoms with Gasteiger partial charge in [-0.05, 0) is 24.5 Å². The first-order chi connectivity index (χ1) is 7.95. The minimum absolute atomic E-state index is 0.0383. The van der Waals surface area contributed by atoms with Crippen LogP contribution < -0.4 is 11.1 Å². The van der Waals surface area contributed by atoms with Gasteiger partial charge in [-0.2, -0.15) is 0 Å². The zero-order valence-corrected chi connectivity index (χ0v) is 10.4. The summed E-state index contributed by atoms with van der Waals surface area (Å²) in [6.45, 7) is 6.34. The normalized spacial score (nSPS) is 12.5. The number of hydrogen-bond acceptors (Lipinski definition) is 4. The van der Waals surface area contributed by atoms with Crippen molar-refractivity contribution in [3.63, 3.8) is 0 Å². The second-order valence-electron chi connectivity index (χ2n) is 4.51. The molecule has 5 nitrogen and oxygen atoms in total. The summed E-state index contributed by atoms with van der Waals surface area (Å²) in [6.07, 6.45) is 0. The van der Waals surface area contributed by atoms with Gasteiger partial charge in [0.25, 0.3) is 5.69 Å². The Morgan fingerprint density at radius 1 is 1.47 bits per heavy atom. The van der Waals surface area contributed by atoms with Gasteiger partial charge in [-0.25, -0.2) is 0 Å². The summed E-state index contributed by atoms with van der Waals surface area (Å²) in [5, 5.41) is 14.1. The van der Waals surface area contributed by atoms with Crippen LogP contribution in [0.5, 0.6) is 0 Å². The van der Waals surface area contributed by atoms with E-state index < -0.39 is 0 Å². The predicted molar refractivity (Wildman–Crippen MR) is 69.1 cm³/mol. The average Bonchev–Trinajstić information content (AvgIpc) is 2.26. The second kappa shape index (κ2) is 5.63. The summed E-state index contributed by atoms with van der Waals surface area (Å²) in [5.74, 6) is 0.320. The van der Waals surface area contributed by atoms with Crippen LogP contribution in [-0.2, 0) is 0 Å². The molecule has 1 unspecified atom stereocenters. The third-order valence-electron chi connectivity index (χ3n) is 2.75. The van der Waals surface area contributed by atoms with Crippen molar-refractivity contribution in [3.05, 3.63) is 33.9 Å². The fourth-order valence-corrected chi connectivity index (χ4v) is 1.61. The number of nitro benzene ring substituents is 1. The van der Waals surface area contributed by atoms with Gasteiger partial charge in [0.2, 0.25) is 0 Å². The lowest BCUT2D eigenvalue weighted by atomic mass is 10.0. The number of nitrogens with two attached hydrogens (primary N) is 1. The van der Waals surface area contributed by atoms with Crippen LogP contribution in [0.3, 0.4) is 0 Å². The zero-order chi connectivity index (χ0) is 13.0. The lowest BCUT2D eigenvalue weighted by Crippen LogP contribution is -2.33. The lowest BCUT2D eigenvalue weighted by Gasteiger charge is -2.21. The minimum Gasteiger partial charge on any atom is -0.375 e. The lowest BCUT2D eigenvalue weighted by molar-refractivity contribution is -0.384. The maximum atomic E-state index is 10.9. The maximum Gasteiger partial charge on any atom is 0.292 e. The van der Waals surface area contributed by atoms with Crippen LogP contribution in [0.1, 0.15) is 19.4 Å². The van der Waals surface area contributed by atoms with Gasteiger partial charge < -0.3 is 11.1 Å². The molecule has 5 heteroatoms. The fraction of sp³-hybridized carbons (Fsp3) is 0.500. The molecular formula is C12H19N3O2. The van der Waals surface area contributed by atoms with Crippen LogP contribution in [0.4, 0.5) is 11.4 Å². The molecule has 17 heavy (non-hydrogen) atoms. The van der Waals surface area contributed by atoms with Crippen molar-refractivity contribution in [3.8, 4) is 0 Å². The molecule has 0 radical (unpaired) electrons. The molecule has 3 N–H and O–H groups in total. The Morgan fingerprint density at radius 3 is 2.59 bits per heavy atom. The summed E-state index contributed by atoms with van der Waals surface area (Å²) in [4.78, 5) is 10.6. The molecule has 0 heterocycles. The molecule has 0 saturated carbocycles. The highest BCUT2D eigenvalue weighted by Gasteiger charge is 2.18. The molecule has 0 aliphatic heterocycles. The largest absolute Gasteiger partial charge is 0.375 e. The van der Waals surface area contributed by atoms with E-state index in [1.807, 2.05) is 26.8 Å². The SMILES string of the molecule is Cc1ccc(NC(CN)C(C)C)c([N+](=O)[O-])c1. The number of benzene rings is 1. The van der Waals surface area contributed by atoms with Crippen LogP contribution in [0.2, 0.25) is 0 Å². The monoisotopic (exact) mass is 237 g/mol. The Kier molecular flexibility index (Phi) is 4.45. The van der Waals surface area contributed by atoms with Gasteiger partial charge in [0.05, 0.1) is 4.92 Å². The zero-order valence-electron chi connectivity index (χ0n) is 10.4. The summed E-state index contributed by atoms with van der Waals surface area (Å²) >= 11 is 0. The average molecular weight is 237 g/mol. The van der Waals surface area contributed by atoms with Crippen molar-refractivity contribution in [1.29, 1.82) is 0 Å². The Morgan fingerprint density at radius 2 is 2.12 bits per heavy atom. The van der Waals surface area contributed by atoms with Gasteiger partial charge in [-0.3, -0.25) is 10.1 Å². The van der Waals surface area contributed by atoms with E-state index >= 15 is 0 Å². The Balaban J connectivity index is 3.01. The Labute approximate surface area is 101 Å². The number of hydrogen-bond donors (Lipinski definition) is 2. The van der Waals surface area contributed by atoms with Crippen molar-refractivity contribution < 1.29 is 4.92 Å². The number of aryl methyl sites for hydroxylation is 1. The number of nitrogens with zero attached hydrogens (tertiary/aromatic N) is 1. The van der Waals surface area contributed by atoms with Gasteiger partial charge >= 0.3 is 0 Å². The second-order valence-corrected chi connectivity index (χ2v) is 4.51. The van der Waals surface area contributed by atoms with Gasteiger partial charge in [0.15, 0.2) is 0 Å². The Hall–Kier alpha value is -1.62. The molecule has 0 amide bonds. The first-order valence-corrected chi connectivity index (χ1v) is 5.67. The first-order valence-electron chi connectivity index (χ1n) is 5.67. The predicted octanol–water partition coefficient (Wildman–Crippen LogP) is 2.30. The molecule has 0 aliphatic carbocycles. The van der Waals surface area contributed by atoms with Gasteiger partial charge in [-0.15, -0.1) is 0 Å². The molecule has 1 atom stereocenters. The van der Waals surface area contributed by atoms with Crippen LogP contribution >= 0.6 is 0 Å². The molecule has 1 aromatic carbocycles. The molecule has 1 aromatic rings. The van der Waals surface area contributed by atoms with Crippen molar-refractivity contribution in [1.82, 2.24) is 0 Å². The highest BCUT2D eigenvalue weighted by Crippen LogP contribution is 2.26. The topological polar surface area (TPSA) is 81.2 Å².